The molecule has 0 unspecified atom stereocenters. The number of hydrogen-bond donors (Lipinski definition) is 0. The summed E-state index contributed by atoms with van der Waals surface area (Å²) in [7, 11) is 0. The summed E-state index contributed by atoms with van der Waals surface area (Å²) in [6.07, 6.45) is 0.957. The maximum atomic E-state index is 13.9. The van der Waals surface area contributed by atoms with Crippen molar-refractivity contribution in [3.8, 4) is 0 Å². The number of aromatic nitrogens is 3. The van der Waals surface area contributed by atoms with Gasteiger partial charge < -0.3 is 4.57 Å². The van der Waals surface area contributed by atoms with Gasteiger partial charge in [-0.2, -0.15) is 0 Å². The van der Waals surface area contributed by atoms with E-state index in [1.165, 1.54) is 12.1 Å². The molecule has 0 atom stereocenters. The van der Waals surface area contributed by atoms with E-state index in [2.05, 4.69) is 0 Å². The van der Waals surface area contributed by atoms with Crippen molar-refractivity contribution in [2.45, 2.75) is 24.7 Å². The highest BCUT2D eigenvalue weighted by molar-refractivity contribution is 7.99. The third-order valence-corrected chi connectivity index (χ3v) is 5.89. The largest absolute Gasteiger partial charge is 0.330 e. The zero-order valence-corrected chi connectivity index (χ0v) is 14.8. The minimum Gasteiger partial charge on any atom is -0.330 e. The smallest absolute Gasteiger partial charge is 0.278 e. The van der Waals surface area contributed by atoms with Gasteiger partial charge in [0.15, 0.2) is 5.16 Å². The van der Waals surface area contributed by atoms with Crippen LogP contribution in [0.3, 0.4) is 0 Å². The average molecular weight is 365 g/mol. The number of hydrogen-bond acceptors (Lipinski definition) is 3. The van der Waals surface area contributed by atoms with Crippen LogP contribution in [0, 0.1) is 5.82 Å². The Hall–Kier alpha value is -2.60. The predicted octanol–water partition coefficient (Wildman–Crippen LogP) is 4.03. The first-order valence-electron chi connectivity index (χ1n) is 8.61. The van der Waals surface area contributed by atoms with Crippen LogP contribution in [-0.4, -0.2) is 19.9 Å². The van der Waals surface area contributed by atoms with Gasteiger partial charge in [-0.3, -0.25) is 9.36 Å². The zero-order valence-electron chi connectivity index (χ0n) is 14.0. The Morgan fingerprint density at radius 2 is 2.00 bits per heavy atom. The second kappa shape index (κ2) is 5.99. The van der Waals surface area contributed by atoms with Crippen LogP contribution in [0.25, 0.3) is 21.9 Å². The molecule has 0 saturated heterocycles. The Balaban J connectivity index is 1.87. The molecule has 4 nitrogen and oxygen atoms in total. The second-order valence-corrected chi connectivity index (χ2v) is 7.55. The number of thioether (sulfide) groups is 1. The van der Waals surface area contributed by atoms with Crippen molar-refractivity contribution in [3.63, 3.8) is 0 Å². The number of rotatable bonds is 2. The van der Waals surface area contributed by atoms with E-state index in [4.69, 9.17) is 4.98 Å². The molecule has 0 fully saturated rings. The molecule has 2 aromatic carbocycles. The monoisotopic (exact) mass is 365 g/mol. The van der Waals surface area contributed by atoms with Gasteiger partial charge in [0, 0.05) is 24.2 Å². The highest BCUT2D eigenvalue weighted by Gasteiger charge is 2.21. The molecular weight excluding hydrogens is 349 g/mol. The molecule has 3 heterocycles. The molecule has 0 bridgehead atoms. The molecule has 1 aliphatic rings. The summed E-state index contributed by atoms with van der Waals surface area (Å²) in [6, 6.07) is 14.6. The highest BCUT2D eigenvalue weighted by atomic mass is 32.2. The molecule has 0 amide bonds. The standard InChI is InChI=1S/C20H16FN3OS/c21-14-7-8-16-15(11-14)17-18(24(16)12-13-5-2-1-3-6-13)19(25)23-9-4-10-26-20(23)22-17/h1-3,5-8,11H,4,9-10,12H2. The molecule has 1 aliphatic heterocycles. The van der Waals surface area contributed by atoms with Crippen LogP contribution in [0.5, 0.6) is 0 Å². The third kappa shape index (κ3) is 2.36. The number of benzene rings is 2. The van der Waals surface area contributed by atoms with Gasteiger partial charge in [-0.15, -0.1) is 0 Å². The fourth-order valence-electron chi connectivity index (χ4n) is 3.63. The molecule has 0 N–H and O–H groups in total. The molecule has 0 spiro atoms. The van der Waals surface area contributed by atoms with E-state index in [0.29, 0.717) is 29.5 Å². The van der Waals surface area contributed by atoms with Gasteiger partial charge in [0.1, 0.15) is 16.9 Å². The van der Waals surface area contributed by atoms with E-state index in [-0.39, 0.29) is 11.4 Å². The number of nitrogens with zero attached hydrogens (tertiary/aromatic N) is 3. The van der Waals surface area contributed by atoms with Crippen molar-refractivity contribution >= 4 is 33.7 Å². The second-order valence-electron chi connectivity index (χ2n) is 6.48. The number of halogens is 1. The van der Waals surface area contributed by atoms with Crippen LogP contribution < -0.4 is 5.56 Å². The first-order chi connectivity index (χ1) is 12.7. The molecule has 130 valence electrons. The first kappa shape index (κ1) is 15.6. The Labute approximate surface area is 153 Å². The fraction of sp³-hybridized carbons (Fsp3) is 0.200. The molecule has 0 saturated carbocycles. The molecule has 6 heteroatoms. The Morgan fingerprint density at radius 3 is 2.85 bits per heavy atom. The van der Waals surface area contributed by atoms with Crippen molar-refractivity contribution in [1.82, 2.24) is 14.1 Å². The summed E-state index contributed by atoms with van der Waals surface area (Å²) in [5, 5.41) is 1.43. The van der Waals surface area contributed by atoms with E-state index in [1.54, 1.807) is 22.4 Å². The molecule has 26 heavy (non-hydrogen) atoms. The van der Waals surface area contributed by atoms with E-state index in [1.807, 2.05) is 34.9 Å². The van der Waals surface area contributed by atoms with Crippen LogP contribution in [-0.2, 0) is 13.1 Å². The topological polar surface area (TPSA) is 39.8 Å². The van der Waals surface area contributed by atoms with Crippen molar-refractivity contribution in [3.05, 3.63) is 70.3 Å². The molecule has 5 rings (SSSR count). The fourth-order valence-corrected chi connectivity index (χ4v) is 4.58. The van der Waals surface area contributed by atoms with Gasteiger partial charge >= 0.3 is 0 Å². The van der Waals surface area contributed by atoms with E-state index in [9.17, 15) is 9.18 Å². The van der Waals surface area contributed by atoms with E-state index >= 15 is 0 Å². The Kier molecular flexibility index (Phi) is 3.60. The summed E-state index contributed by atoms with van der Waals surface area (Å²) in [5.74, 6) is 0.637. The van der Waals surface area contributed by atoms with Crippen molar-refractivity contribution in [2.24, 2.45) is 0 Å². The van der Waals surface area contributed by atoms with Crippen LogP contribution in [0.1, 0.15) is 12.0 Å². The van der Waals surface area contributed by atoms with Gasteiger partial charge in [0.25, 0.3) is 5.56 Å². The SMILES string of the molecule is O=c1c2c(nc3n1CCCS3)c1cc(F)ccc1n2Cc1ccccc1. The van der Waals surface area contributed by atoms with Crippen molar-refractivity contribution in [1.29, 1.82) is 0 Å². The normalized spacial score (nSPS) is 14.0. The van der Waals surface area contributed by atoms with Crippen LogP contribution in [0.4, 0.5) is 4.39 Å². The van der Waals surface area contributed by atoms with E-state index in [0.717, 1.165) is 28.4 Å². The number of fused-ring (bicyclic) bond motifs is 4. The lowest BCUT2D eigenvalue weighted by Crippen LogP contribution is -2.27. The predicted molar refractivity (Wildman–Crippen MR) is 102 cm³/mol. The Bertz CT molecular complexity index is 1200. The quantitative estimate of drug-likeness (QED) is 0.504. The summed E-state index contributed by atoms with van der Waals surface area (Å²) in [6.45, 7) is 1.24. The summed E-state index contributed by atoms with van der Waals surface area (Å²) in [4.78, 5) is 18.0. The van der Waals surface area contributed by atoms with Gasteiger partial charge in [-0.25, -0.2) is 9.37 Å². The minimum atomic E-state index is -0.316. The molecule has 0 aliphatic carbocycles. The summed E-state index contributed by atoms with van der Waals surface area (Å²) in [5.41, 5.74) is 3.04. The molecule has 0 radical (unpaired) electrons. The van der Waals surface area contributed by atoms with Gasteiger partial charge in [-0.1, -0.05) is 42.1 Å². The van der Waals surface area contributed by atoms with Crippen LogP contribution >= 0.6 is 11.8 Å². The maximum Gasteiger partial charge on any atom is 0.278 e. The Morgan fingerprint density at radius 1 is 1.15 bits per heavy atom. The highest BCUT2D eigenvalue weighted by Crippen LogP contribution is 2.30. The van der Waals surface area contributed by atoms with Gasteiger partial charge in [-0.05, 0) is 30.2 Å². The molecule has 2 aromatic heterocycles. The summed E-state index contributed by atoms with van der Waals surface area (Å²) >= 11 is 1.59. The zero-order chi connectivity index (χ0) is 17.7. The van der Waals surface area contributed by atoms with E-state index < -0.39 is 0 Å². The molecule has 4 aromatic rings. The average Bonchev–Trinajstić information content (AvgIpc) is 2.96. The first-order valence-corrected chi connectivity index (χ1v) is 9.60. The lowest BCUT2D eigenvalue weighted by molar-refractivity contribution is 0.569. The van der Waals surface area contributed by atoms with Gasteiger partial charge in [0.05, 0.1) is 5.52 Å². The maximum absolute atomic E-state index is 13.9. The van der Waals surface area contributed by atoms with Crippen molar-refractivity contribution in [2.75, 3.05) is 5.75 Å². The third-order valence-electron chi connectivity index (χ3n) is 4.83. The summed E-state index contributed by atoms with van der Waals surface area (Å²) < 4.78 is 17.6. The van der Waals surface area contributed by atoms with Crippen LogP contribution in [0.15, 0.2) is 58.5 Å². The lowest BCUT2D eigenvalue weighted by atomic mass is 10.2. The van der Waals surface area contributed by atoms with Crippen LogP contribution in [0.2, 0.25) is 0 Å². The molecular formula is C20H16FN3OS. The minimum absolute atomic E-state index is 0.0373. The van der Waals surface area contributed by atoms with Crippen molar-refractivity contribution < 1.29 is 4.39 Å². The lowest BCUT2D eigenvalue weighted by Gasteiger charge is -2.17. The van der Waals surface area contributed by atoms with Gasteiger partial charge in [0.2, 0.25) is 0 Å².